The SMILES string of the molecule is Cc1cc(C)cc(C2(O)CCC(C)(C)CC2C)c1. The van der Waals surface area contributed by atoms with Crippen LogP contribution in [0.4, 0.5) is 0 Å². The van der Waals surface area contributed by atoms with E-state index in [2.05, 4.69) is 52.8 Å². The predicted molar refractivity (Wildman–Crippen MR) is 76.6 cm³/mol. The van der Waals surface area contributed by atoms with Crippen LogP contribution in [-0.4, -0.2) is 5.11 Å². The first kappa shape index (κ1) is 13.6. The van der Waals surface area contributed by atoms with Crippen LogP contribution in [0.15, 0.2) is 18.2 Å². The Kier molecular flexibility index (Phi) is 3.31. The van der Waals surface area contributed by atoms with E-state index >= 15 is 0 Å². The molecule has 0 heterocycles. The third kappa shape index (κ3) is 2.47. The maximum absolute atomic E-state index is 11.1. The van der Waals surface area contributed by atoms with E-state index in [-0.39, 0.29) is 0 Å². The lowest BCUT2D eigenvalue weighted by Crippen LogP contribution is -2.41. The summed E-state index contributed by atoms with van der Waals surface area (Å²) in [6.07, 6.45) is 3.07. The zero-order valence-corrected chi connectivity index (χ0v) is 12.4. The van der Waals surface area contributed by atoms with E-state index in [0.29, 0.717) is 11.3 Å². The standard InChI is InChI=1S/C17H26O/c1-12-8-13(2)10-15(9-12)17(18)7-6-16(4,5)11-14(17)3/h8-10,14,18H,6-7,11H2,1-5H3. The number of benzene rings is 1. The average molecular weight is 246 g/mol. The van der Waals surface area contributed by atoms with Gasteiger partial charge in [-0.1, -0.05) is 50.1 Å². The molecule has 0 amide bonds. The van der Waals surface area contributed by atoms with E-state index < -0.39 is 5.60 Å². The highest BCUT2D eigenvalue weighted by molar-refractivity contribution is 5.33. The van der Waals surface area contributed by atoms with Crippen molar-refractivity contribution in [3.63, 3.8) is 0 Å². The molecule has 2 atom stereocenters. The summed E-state index contributed by atoms with van der Waals surface area (Å²) >= 11 is 0. The summed E-state index contributed by atoms with van der Waals surface area (Å²) in [5, 5.41) is 11.1. The number of rotatable bonds is 1. The zero-order valence-electron chi connectivity index (χ0n) is 12.4. The monoisotopic (exact) mass is 246 g/mol. The second-order valence-electron chi connectivity index (χ2n) is 7.07. The molecular formula is C17H26O. The average Bonchev–Trinajstić information content (AvgIpc) is 2.22. The van der Waals surface area contributed by atoms with Gasteiger partial charge in [-0.2, -0.15) is 0 Å². The lowest BCUT2D eigenvalue weighted by molar-refractivity contribution is -0.0770. The molecule has 1 aromatic carbocycles. The molecule has 1 heteroatoms. The summed E-state index contributed by atoms with van der Waals surface area (Å²) in [5.41, 5.74) is 3.34. The van der Waals surface area contributed by atoms with Gasteiger partial charge in [-0.25, -0.2) is 0 Å². The van der Waals surface area contributed by atoms with E-state index in [1.165, 1.54) is 11.1 Å². The van der Waals surface area contributed by atoms with Gasteiger partial charge >= 0.3 is 0 Å². The minimum Gasteiger partial charge on any atom is -0.385 e. The largest absolute Gasteiger partial charge is 0.385 e. The molecule has 0 aliphatic heterocycles. The van der Waals surface area contributed by atoms with E-state index in [9.17, 15) is 5.11 Å². The van der Waals surface area contributed by atoms with Gasteiger partial charge in [0.25, 0.3) is 0 Å². The smallest absolute Gasteiger partial charge is 0.0922 e. The van der Waals surface area contributed by atoms with Crippen LogP contribution in [-0.2, 0) is 5.60 Å². The molecule has 0 aromatic heterocycles. The van der Waals surface area contributed by atoms with Crippen LogP contribution in [0.1, 0.15) is 56.7 Å². The first-order valence-corrected chi connectivity index (χ1v) is 7.04. The Balaban J connectivity index is 2.36. The quantitative estimate of drug-likeness (QED) is 0.781. The Hall–Kier alpha value is -0.820. The lowest BCUT2D eigenvalue weighted by Gasteiger charge is -2.45. The molecule has 0 spiro atoms. The molecule has 2 unspecified atom stereocenters. The topological polar surface area (TPSA) is 20.2 Å². The Labute approximate surface area is 111 Å². The minimum atomic E-state index is -0.633. The molecule has 1 fully saturated rings. The van der Waals surface area contributed by atoms with Gasteiger partial charge in [0.05, 0.1) is 5.60 Å². The molecule has 100 valence electrons. The van der Waals surface area contributed by atoms with Gasteiger partial charge in [0, 0.05) is 0 Å². The second kappa shape index (κ2) is 4.38. The van der Waals surface area contributed by atoms with Gasteiger partial charge in [0.1, 0.15) is 0 Å². The van der Waals surface area contributed by atoms with Gasteiger partial charge in [-0.05, 0) is 50.0 Å². The highest BCUT2D eigenvalue weighted by Crippen LogP contribution is 2.48. The predicted octanol–water partition coefficient (Wildman–Crippen LogP) is 4.34. The van der Waals surface area contributed by atoms with Crippen LogP contribution >= 0.6 is 0 Å². The summed E-state index contributed by atoms with van der Waals surface area (Å²) < 4.78 is 0. The Morgan fingerprint density at radius 3 is 2.11 bits per heavy atom. The van der Waals surface area contributed by atoms with E-state index in [4.69, 9.17) is 0 Å². The molecule has 1 N–H and O–H groups in total. The number of aliphatic hydroxyl groups is 1. The number of hydrogen-bond donors (Lipinski definition) is 1. The molecule has 18 heavy (non-hydrogen) atoms. The number of aryl methyl sites for hydroxylation is 2. The maximum Gasteiger partial charge on any atom is 0.0922 e. The van der Waals surface area contributed by atoms with Crippen LogP contribution in [0.5, 0.6) is 0 Å². The minimum absolute atomic E-state index is 0.322. The van der Waals surface area contributed by atoms with E-state index in [1.807, 2.05) is 0 Å². The normalized spacial score (nSPS) is 31.3. The third-order valence-electron chi connectivity index (χ3n) is 4.58. The molecule has 0 saturated heterocycles. The third-order valence-corrected chi connectivity index (χ3v) is 4.58. The van der Waals surface area contributed by atoms with Gasteiger partial charge in [-0.3, -0.25) is 0 Å². The Morgan fingerprint density at radius 2 is 1.61 bits per heavy atom. The molecule has 1 saturated carbocycles. The molecular weight excluding hydrogens is 220 g/mol. The Bertz CT molecular complexity index is 427. The van der Waals surface area contributed by atoms with Crippen molar-refractivity contribution in [1.29, 1.82) is 0 Å². The van der Waals surface area contributed by atoms with Crippen molar-refractivity contribution < 1.29 is 5.11 Å². The van der Waals surface area contributed by atoms with Crippen LogP contribution in [0.25, 0.3) is 0 Å². The summed E-state index contributed by atoms with van der Waals surface area (Å²) in [6, 6.07) is 6.48. The summed E-state index contributed by atoms with van der Waals surface area (Å²) in [6.45, 7) is 11.0. The number of hydrogen-bond acceptors (Lipinski definition) is 1. The molecule has 1 aliphatic rings. The van der Waals surface area contributed by atoms with Crippen molar-refractivity contribution in [1.82, 2.24) is 0 Å². The fourth-order valence-electron chi connectivity index (χ4n) is 3.53. The van der Waals surface area contributed by atoms with Crippen LogP contribution in [0.2, 0.25) is 0 Å². The van der Waals surface area contributed by atoms with Crippen molar-refractivity contribution in [3.8, 4) is 0 Å². The molecule has 0 bridgehead atoms. The molecule has 2 rings (SSSR count). The Morgan fingerprint density at radius 1 is 1.06 bits per heavy atom. The van der Waals surface area contributed by atoms with Crippen molar-refractivity contribution in [3.05, 3.63) is 34.9 Å². The first-order chi connectivity index (χ1) is 8.23. The van der Waals surface area contributed by atoms with Crippen LogP contribution in [0, 0.1) is 25.2 Å². The fraction of sp³-hybridized carbons (Fsp3) is 0.647. The van der Waals surface area contributed by atoms with Crippen LogP contribution < -0.4 is 0 Å². The van der Waals surface area contributed by atoms with E-state index in [0.717, 1.165) is 24.8 Å². The van der Waals surface area contributed by atoms with Crippen molar-refractivity contribution in [2.75, 3.05) is 0 Å². The van der Waals surface area contributed by atoms with Gasteiger partial charge in [0.2, 0.25) is 0 Å². The first-order valence-electron chi connectivity index (χ1n) is 7.04. The zero-order chi connectivity index (χ0) is 13.6. The fourth-order valence-corrected chi connectivity index (χ4v) is 3.53. The van der Waals surface area contributed by atoms with Crippen LogP contribution in [0.3, 0.4) is 0 Å². The van der Waals surface area contributed by atoms with Gasteiger partial charge in [0.15, 0.2) is 0 Å². The van der Waals surface area contributed by atoms with E-state index in [1.54, 1.807) is 0 Å². The second-order valence-corrected chi connectivity index (χ2v) is 7.07. The maximum atomic E-state index is 11.1. The summed E-state index contributed by atoms with van der Waals surface area (Å²) in [5.74, 6) is 0.322. The van der Waals surface area contributed by atoms with Gasteiger partial charge < -0.3 is 5.11 Å². The molecule has 0 radical (unpaired) electrons. The van der Waals surface area contributed by atoms with Gasteiger partial charge in [-0.15, -0.1) is 0 Å². The summed E-state index contributed by atoms with van der Waals surface area (Å²) in [4.78, 5) is 0. The van der Waals surface area contributed by atoms with Crippen molar-refractivity contribution in [2.45, 2.75) is 59.5 Å². The molecule has 1 nitrogen and oxygen atoms in total. The lowest BCUT2D eigenvalue weighted by atomic mass is 9.63. The highest BCUT2D eigenvalue weighted by atomic mass is 16.3. The molecule has 1 aliphatic carbocycles. The van der Waals surface area contributed by atoms with Crippen molar-refractivity contribution >= 4 is 0 Å². The highest BCUT2D eigenvalue weighted by Gasteiger charge is 2.43. The molecule has 1 aromatic rings. The van der Waals surface area contributed by atoms with Crippen molar-refractivity contribution in [2.24, 2.45) is 11.3 Å². The summed E-state index contributed by atoms with van der Waals surface area (Å²) in [7, 11) is 0.